The highest BCUT2D eigenvalue weighted by atomic mass is 32.2. The van der Waals surface area contributed by atoms with Crippen molar-refractivity contribution in [1.29, 1.82) is 0 Å². The Kier molecular flexibility index (Phi) is 6.59. The minimum Gasteiger partial charge on any atom is -0.494 e. The van der Waals surface area contributed by atoms with Crippen molar-refractivity contribution >= 4 is 15.9 Å². The number of carbonyl (C=O) groups excluding carboxylic acids is 1. The van der Waals surface area contributed by atoms with Gasteiger partial charge in [0.15, 0.2) is 0 Å². The molecule has 1 heterocycles. The summed E-state index contributed by atoms with van der Waals surface area (Å²) in [6.45, 7) is 6.14. The second kappa shape index (κ2) is 8.46. The van der Waals surface area contributed by atoms with Gasteiger partial charge in [0.05, 0.1) is 31.3 Å². The molecule has 0 bridgehead atoms. The SMILES string of the molecule is CCOc1ccc(S(=O)(=O)N(CC)CC(=O)N2CCOCC2)cc1. The van der Waals surface area contributed by atoms with Crippen LogP contribution in [0.15, 0.2) is 29.2 Å². The van der Waals surface area contributed by atoms with Crippen molar-refractivity contribution in [3.05, 3.63) is 24.3 Å². The zero-order valence-corrected chi connectivity index (χ0v) is 14.9. The normalized spacial score (nSPS) is 15.5. The second-order valence-electron chi connectivity index (χ2n) is 5.33. The fraction of sp³-hybridized carbons (Fsp3) is 0.562. The second-order valence-corrected chi connectivity index (χ2v) is 7.27. The summed E-state index contributed by atoms with van der Waals surface area (Å²) in [5.41, 5.74) is 0. The molecule has 1 amide bonds. The topological polar surface area (TPSA) is 76.2 Å². The Morgan fingerprint density at radius 2 is 1.83 bits per heavy atom. The van der Waals surface area contributed by atoms with E-state index < -0.39 is 10.0 Å². The smallest absolute Gasteiger partial charge is 0.243 e. The van der Waals surface area contributed by atoms with Crippen LogP contribution in [0.4, 0.5) is 0 Å². The molecule has 1 fully saturated rings. The van der Waals surface area contributed by atoms with Gasteiger partial charge in [0.25, 0.3) is 0 Å². The molecule has 24 heavy (non-hydrogen) atoms. The van der Waals surface area contributed by atoms with E-state index in [9.17, 15) is 13.2 Å². The average Bonchev–Trinajstić information content (AvgIpc) is 2.60. The number of nitrogens with zero attached hydrogens (tertiary/aromatic N) is 2. The van der Waals surface area contributed by atoms with Crippen molar-refractivity contribution in [1.82, 2.24) is 9.21 Å². The molecule has 0 saturated carbocycles. The van der Waals surface area contributed by atoms with Crippen LogP contribution in [0.3, 0.4) is 0 Å². The summed E-state index contributed by atoms with van der Waals surface area (Å²) in [5, 5.41) is 0. The predicted molar refractivity (Wildman–Crippen MR) is 89.4 cm³/mol. The Labute approximate surface area is 143 Å². The minimum atomic E-state index is -3.72. The molecular weight excluding hydrogens is 332 g/mol. The van der Waals surface area contributed by atoms with Crippen LogP contribution in [0.2, 0.25) is 0 Å². The van der Waals surface area contributed by atoms with Crippen molar-refractivity contribution in [2.24, 2.45) is 0 Å². The maximum Gasteiger partial charge on any atom is 0.243 e. The van der Waals surface area contributed by atoms with Gasteiger partial charge in [-0.1, -0.05) is 6.92 Å². The third-order valence-corrected chi connectivity index (χ3v) is 5.74. The zero-order valence-electron chi connectivity index (χ0n) is 14.1. The van der Waals surface area contributed by atoms with Crippen LogP contribution in [-0.2, 0) is 19.6 Å². The van der Waals surface area contributed by atoms with Crippen LogP contribution >= 0.6 is 0 Å². The molecular formula is C16H24N2O5S. The number of ether oxygens (including phenoxy) is 2. The van der Waals surface area contributed by atoms with Gasteiger partial charge in [-0.2, -0.15) is 4.31 Å². The number of amides is 1. The maximum absolute atomic E-state index is 12.7. The number of carbonyl (C=O) groups is 1. The van der Waals surface area contributed by atoms with Crippen molar-refractivity contribution in [3.63, 3.8) is 0 Å². The fourth-order valence-corrected chi connectivity index (χ4v) is 3.85. The van der Waals surface area contributed by atoms with Gasteiger partial charge in [0, 0.05) is 19.6 Å². The fourth-order valence-electron chi connectivity index (χ4n) is 2.45. The molecule has 8 heteroatoms. The Balaban J connectivity index is 2.10. The van der Waals surface area contributed by atoms with Gasteiger partial charge in [0.1, 0.15) is 5.75 Å². The molecule has 0 atom stereocenters. The molecule has 1 saturated heterocycles. The van der Waals surface area contributed by atoms with Gasteiger partial charge in [-0.15, -0.1) is 0 Å². The molecule has 1 aliphatic rings. The number of rotatable bonds is 7. The van der Waals surface area contributed by atoms with Gasteiger partial charge < -0.3 is 14.4 Å². The molecule has 1 aromatic rings. The Morgan fingerprint density at radius 1 is 1.21 bits per heavy atom. The van der Waals surface area contributed by atoms with Crippen LogP contribution in [0.5, 0.6) is 5.75 Å². The number of sulfonamides is 1. The number of hydrogen-bond acceptors (Lipinski definition) is 5. The van der Waals surface area contributed by atoms with Crippen LogP contribution in [-0.4, -0.2) is 69.5 Å². The molecule has 0 radical (unpaired) electrons. The lowest BCUT2D eigenvalue weighted by Crippen LogP contribution is -2.47. The van der Waals surface area contributed by atoms with Gasteiger partial charge in [-0.05, 0) is 31.2 Å². The predicted octanol–water partition coefficient (Wildman–Crippen LogP) is 0.955. The Hall–Kier alpha value is -1.64. The summed E-state index contributed by atoms with van der Waals surface area (Å²) < 4.78 is 37.2. The van der Waals surface area contributed by atoms with Crippen LogP contribution in [0, 0.1) is 0 Å². The highest BCUT2D eigenvalue weighted by Gasteiger charge is 2.27. The maximum atomic E-state index is 12.7. The van der Waals surface area contributed by atoms with Crippen molar-refractivity contribution in [2.45, 2.75) is 18.7 Å². The standard InChI is InChI=1S/C16H24N2O5S/c1-3-18(13-16(19)17-9-11-22-12-10-17)24(20,21)15-7-5-14(6-8-15)23-4-2/h5-8H,3-4,9-13H2,1-2H3. The van der Waals surface area contributed by atoms with E-state index in [1.165, 1.54) is 16.4 Å². The quantitative estimate of drug-likeness (QED) is 0.727. The van der Waals surface area contributed by atoms with E-state index in [0.717, 1.165) is 0 Å². The van der Waals surface area contributed by atoms with Gasteiger partial charge in [0.2, 0.25) is 15.9 Å². The van der Waals surface area contributed by atoms with Crippen LogP contribution in [0.1, 0.15) is 13.8 Å². The van der Waals surface area contributed by atoms with Crippen molar-refractivity contribution < 1.29 is 22.7 Å². The van der Waals surface area contributed by atoms with Gasteiger partial charge in [-0.3, -0.25) is 4.79 Å². The Bertz CT molecular complexity index is 639. The number of benzene rings is 1. The lowest BCUT2D eigenvalue weighted by Gasteiger charge is -2.29. The zero-order chi connectivity index (χ0) is 17.6. The molecule has 0 N–H and O–H groups in total. The van der Waals surface area contributed by atoms with Gasteiger partial charge >= 0.3 is 0 Å². The Morgan fingerprint density at radius 3 is 2.38 bits per heavy atom. The number of morpholine rings is 1. The van der Waals surface area contributed by atoms with Crippen LogP contribution < -0.4 is 4.74 Å². The molecule has 0 spiro atoms. The summed E-state index contributed by atoms with van der Waals surface area (Å²) in [7, 11) is -3.72. The molecule has 0 aliphatic carbocycles. The summed E-state index contributed by atoms with van der Waals surface area (Å²) in [6.07, 6.45) is 0. The van der Waals surface area contributed by atoms with Gasteiger partial charge in [-0.25, -0.2) is 8.42 Å². The van der Waals surface area contributed by atoms with E-state index in [0.29, 0.717) is 38.7 Å². The largest absolute Gasteiger partial charge is 0.494 e. The van der Waals surface area contributed by atoms with E-state index in [-0.39, 0.29) is 23.9 Å². The van der Waals surface area contributed by atoms with Crippen molar-refractivity contribution in [3.8, 4) is 5.75 Å². The highest BCUT2D eigenvalue weighted by Crippen LogP contribution is 2.19. The first-order valence-corrected chi connectivity index (χ1v) is 9.51. The first-order valence-electron chi connectivity index (χ1n) is 8.07. The molecule has 1 aliphatic heterocycles. The van der Waals surface area contributed by atoms with Crippen molar-refractivity contribution in [2.75, 3.05) is 46.0 Å². The summed E-state index contributed by atoms with van der Waals surface area (Å²) in [6, 6.07) is 6.24. The van der Waals surface area contributed by atoms with E-state index in [2.05, 4.69) is 0 Å². The molecule has 0 unspecified atom stereocenters. The summed E-state index contributed by atoms with van der Waals surface area (Å²) in [4.78, 5) is 14.1. The number of likely N-dealkylation sites (N-methyl/N-ethyl adjacent to an activating group) is 1. The minimum absolute atomic E-state index is 0.155. The lowest BCUT2D eigenvalue weighted by molar-refractivity contribution is -0.135. The summed E-state index contributed by atoms with van der Waals surface area (Å²) >= 11 is 0. The molecule has 2 rings (SSSR count). The first-order chi connectivity index (χ1) is 11.5. The highest BCUT2D eigenvalue weighted by molar-refractivity contribution is 7.89. The molecule has 0 aromatic heterocycles. The monoisotopic (exact) mass is 356 g/mol. The van der Waals surface area contributed by atoms with Crippen LogP contribution in [0.25, 0.3) is 0 Å². The third-order valence-electron chi connectivity index (χ3n) is 3.80. The number of hydrogen-bond donors (Lipinski definition) is 0. The third kappa shape index (κ3) is 4.46. The molecule has 7 nitrogen and oxygen atoms in total. The van der Waals surface area contributed by atoms with E-state index in [4.69, 9.17) is 9.47 Å². The first kappa shape index (κ1) is 18.7. The molecule has 1 aromatic carbocycles. The average molecular weight is 356 g/mol. The van der Waals surface area contributed by atoms with E-state index in [1.807, 2.05) is 6.92 Å². The van der Waals surface area contributed by atoms with E-state index in [1.54, 1.807) is 24.0 Å². The molecule has 134 valence electrons. The summed E-state index contributed by atoms with van der Waals surface area (Å²) in [5.74, 6) is 0.415. The van der Waals surface area contributed by atoms with E-state index >= 15 is 0 Å². The lowest BCUT2D eigenvalue weighted by atomic mass is 10.3.